The van der Waals surface area contributed by atoms with Crippen LogP contribution in [0, 0.1) is 5.92 Å². The minimum atomic E-state index is -0.0620. The Balaban J connectivity index is 1.30. The zero-order valence-corrected chi connectivity index (χ0v) is 15.5. The molecule has 0 unspecified atom stereocenters. The molecule has 1 N–H and O–H groups in total. The summed E-state index contributed by atoms with van der Waals surface area (Å²) in [6.45, 7) is 2.08. The molecule has 1 aliphatic carbocycles. The number of likely N-dealkylation sites (tertiary alicyclic amines) is 1. The van der Waals surface area contributed by atoms with Gasteiger partial charge in [-0.2, -0.15) is 0 Å². The van der Waals surface area contributed by atoms with Crippen LogP contribution in [-0.2, 0) is 19.4 Å². The quantitative estimate of drug-likeness (QED) is 0.896. The highest BCUT2D eigenvalue weighted by molar-refractivity contribution is 7.15. The highest BCUT2D eigenvalue weighted by Gasteiger charge is 2.24. The Labute approximate surface area is 156 Å². The highest BCUT2D eigenvalue weighted by atomic mass is 32.1. The molecule has 7 nitrogen and oxygen atoms in total. The lowest BCUT2D eigenvalue weighted by Gasteiger charge is -2.31. The van der Waals surface area contributed by atoms with Gasteiger partial charge in [0, 0.05) is 36.8 Å². The molecular formula is C18H23N5O2S. The van der Waals surface area contributed by atoms with Crippen molar-refractivity contribution >= 4 is 22.5 Å². The molecule has 0 radical (unpaired) electrons. The maximum absolute atomic E-state index is 12.5. The van der Waals surface area contributed by atoms with Crippen LogP contribution in [0.1, 0.15) is 36.3 Å². The first-order chi connectivity index (χ1) is 12.7. The van der Waals surface area contributed by atoms with Gasteiger partial charge in [-0.05, 0) is 44.4 Å². The summed E-state index contributed by atoms with van der Waals surface area (Å²) >= 11 is 1.62. The molecule has 1 aliphatic heterocycles. The van der Waals surface area contributed by atoms with Crippen LogP contribution in [0.3, 0.4) is 0 Å². The minimum absolute atomic E-state index is 0.0205. The summed E-state index contributed by atoms with van der Waals surface area (Å²) in [5, 5.41) is 3.70. The first kappa shape index (κ1) is 17.2. The van der Waals surface area contributed by atoms with E-state index in [1.165, 1.54) is 30.0 Å². The molecule has 0 atom stereocenters. The molecule has 8 heteroatoms. The third kappa shape index (κ3) is 3.80. The van der Waals surface area contributed by atoms with Crippen LogP contribution >= 0.6 is 11.3 Å². The van der Waals surface area contributed by atoms with Crippen LogP contribution in [0.4, 0.5) is 9.93 Å². The van der Waals surface area contributed by atoms with E-state index in [-0.39, 0.29) is 11.6 Å². The summed E-state index contributed by atoms with van der Waals surface area (Å²) in [6.07, 6.45) is 9.41. The fourth-order valence-corrected chi connectivity index (χ4v) is 4.73. The number of amides is 2. The van der Waals surface area contributed by atoms with E-state index in [4.69, 9.17) is 0 Å². The Kier molecular flexibility index (Phi) is 5.01. The Morgan fingerprint density at radius 3 is 2.85 bits per heavy atom. The van der Waals surface area contributed by atoms with Crippen molar-refractivity contribution < 1.29 is 4.79 Å². The summed E-state index contributed by atoms with van der Waals surface area (Å²) in [7, 11) is 0. The largest absolute Gasteiger partial charge is 0.324 e. The van der Waals surface area contributed by atoms with E-state index < -0.39 is 0 Å². The lowest BCUT2D eigenvalue weighted by atomic mass is 9.97. The molecule has 4 rings (SSSR count). The van der Waals surface area contributed by atoms with E-state index in [1.807, 2.05) is 4.90 Å². The van der Waals surface area contributed by atoms with E-state index in [2.05, 4.69) is 15.3 Å². The van der Waals surface area contributed by atoms with Crippen molar-refractivity contribution in [3.8, 4) is 0 Å². The smallest absolute Gasteiger partial charge is 0.323 e. The molecule has 2 aromatic heterocycles. The van der Waals surface area contributed by atoms with E-state index in [0.717, 1.165) is 36.5 Å². The van der Waals surface area contributed by atoms with Crippen LogP contribution in [0.25, 0.3) is 0 Å². The second kappa shape index (κ2) is 7.57. The van der Waals surface area contributed by atoms with Gasteiger partial charge in [-0.25, -0.2) is 14.8 Å². The number of hydrogen-bond donors (Lipinski definition) is 1. The average molecular weight is 373 g/mol. The number of carbonyl (C=O) groups excluding carboxylic acids is 1. The first-order valence-electron chi connectivity index (χ1n) is 9.24. The molecule has 3 heterocycles. The van der Waals surface area contributed by atoms with Crippen LogP contribution < -0.4 is 10.9 Å². The Hall–Kier alpha value is -2.22. The summed E-state index contributed by atoms with van der Waals surface area (Å²) in [5.41, 5.74) is 1.14. The fraction of sp³-hybridized carbons (Fsp3) is 0.556. The fourth-order valence-electron chi connectivity index (χ4n) is 3.69. The molecule has 1 saturated heterocycles. The molecule has 0 bridgehead atoms. The third-order valence-electron chi connectivity index (χ3n) is 5.21. The van der Waals surface area contributed by atoms with E-state index in [9.17, 15) is 9.59 Å². The van der Waals surface area contributed by atoms with Crippen molar-refractivity contribution in [1.29, 1.82) is 0 Å². The number of fused-ring (bicyclic) bond motifs is 1. The Morgan fingerprint density at radius 1 is 1.27 bits per heavy atom. The lowest BCUT2D eigenvalue weighted by Crippen LogP contribution is -2.42. The number of anilines is 1. The molecule has 1 fully saturated rings. The molecule has 26 heavy (non-hydrogen) atoms. The molecule has 0 spiro atoms. The number of nitrogens with zero attached hydrogens (tertiary/aromatic N) is 4. The Morgan fingerprint density at radius 2 is 2.08 bits per heavy atom. The number of nitrogens with one attached hydrogen (secondary N) is 1. The van der Waals surface area contributed by atoms with Crippen molar-refractivity contribution in [2.24, 2.45) is 5.92 Å². The second-order valence-electron chi connectivity index (χ2n) is 7.03. The van der Waals surface area contributed by atoms with E-state index >= 15 is 0 Å². The van der Waals surface area contributed by atoms with Gasteiger partial charge in [-0.15, -0.1) is 11.3 Å². The number of piperidine rings is 1. The summed E-state index contributed by atoms with van der Waals surface area (Å²) in [4.78, 5) is 36.1. The van der Waals surface area contributed by atoms with Crippen molar-refractivity contribution in [3.63, 3.8) is 0 Å². The lowest BCUT2D eigenvalue weighted by molar-refractivity contribution is 0.176. The van der Waals surface area contributed by atoms with Gasteiger partial charge in [0.15, 0.2) is 5.13 Å². The number of aromatic nitrogens is 3. The molecule has 0 aromatic carbocycles. The van der Waals surface area contributed by atoms with Gasteiger partial charge in [-0.1, -0.05) is 0 Å². The van der Waals surface area contributed by atoms with Gasteiger partial charge < -0.3 is 4.90 Å². The number of carbonyl (C=O) groups is 1. The summed E-state index contributed by atoms with van der Waals surface area (Å²) < 4.78 is 1.65. The zero-order chi connectivity index (χ0) is 17.9. The van der Waals surface area contributed by atoms with Gasteiger partial charge in [0.1, 0.15) is 0 Å². The van der Waals surface area contributed by atoms with Crippen LogP contribution in [0.15, 0.2) is 23.4 Å². The monoisotopic (exact) mass is 373 g/mol. The van der Waals surface area contributed by atoms with Crippen molar-refractivity contribution in [1.82, 2.24) is 19.4 Å². The average Bonchev–Trinajstić information content (AvgIpc) is 3.06. The molecule has 0 saturated carbocycles. The van der Waals surface area contributed by atoms with Gasteiger partial charge in [0.25, 0.3) is 5.56 Å². The van der Waals surface area contributed by atoms with E-state index in [0.29, 0.717) is 25.6 Å². The molecule has 138 valence electrons. The van der Waals surface area contributed by atoms with Crippen molar-refractivity contribution in [2.75, 3.05) is 18.4 Å². The first-order valence-corrected chi connectivity index (χ1v) is 10.1. The maximum atomic E-state index is 12.5. The molecular weight excluding hydrogens is 350 g/mol. The SMILES string of the molecule is O=C(Nc1nc2c(s1)CCCC2)N1CCC(Cn2cnccc2=O)CC1. The summed E-state index contributed by atoms with van der Waals surface area (Å²) in [5.74, 6) is 0.396. The minimum Gasteiger partial charge on any atom is -0.324 e. The van der Waals surface area contributed by atoms with Gasteiger partial charge in [0.2, 0.25) is 0 Å². The Bertz CT molecular complexity index is 815. The standard InChI is InChI=1S/C18H23N5O2S/c24-16-5-8-19-12-23(16)11-13-6-9-22(10-7-13)18(25)21-17-20-14-3-1-2-4-15(14)26-17/h5,8,12-13H,1-4,6-7,9-11H2,(H,20,21,25). The van der Waals surface area contributed by atoms with Crippen molar-refractivity contribution in [2.45, 2.75) is 45.1 Å². The molecule has 2 aliphatic rings. The van der Waals surface area contributed by atoms with Crippen LogP contribution in [-0.4, -0.2) is 38.6 Å². The molecule has 2 amide bonds. The van der Waals surface area contributed by atoms with Crippen LogP contribution in [0.2, 0.25) is 0 Å². The van der Waals surface area contributed by atoms with Crippen molar-refractivity contribution in [3.05, 3.63) is 39.5 Å². The van der Waals surface area contributed by atoms with Gasteiger partial charge in [0.05, 0.1) is 12.0 Å². The predicted octanol–water partition coefficient (Wildman–Crippen LogP) is 2.52. The van der Waals surface area contributed by atoms with E-state index in [1.54, 1.807) is 22.2 Å². The summed E-state index contributed by atoms with van der Waals surface area (Å²) in [6, 6.07) is 1.42. The third-order valence-corrected chi connectivity index (χ3v) is 6.28. The van der Waals surface area contributed by atoms with Crippen LogP contribution in [0.5, 0.6) is 0 Å². The number of aryl methyl sites for hydroxylation is 2. The predicted molar refractivity (Wildman–Crippen MR) is 101 cm³/mol. The van der Waals surface area contributed by atoms with Gasteiger partial charge in [-0.3, -0.25) is 14.7 Å². The maximum Gasteiger partial charge on any atom is 0.323 e. The van der Waals surface area contributed by atoms with Gasteiger partial charge >= 0.3 is 6.03 Å². The number of urea groups is 1. The number of hydrogen-bond acceptors (Lipinski definition) is 5. The topological polar surface area (TPSA) is 80.1 Å². The number of thiazole rings is 1. The number of rotatable bonds is 3. The highest BCUT2D eigenvalue weighted by Crippen LogP contribution is 2.30. The normalized spacial score (nSPS) is 17.8. The molecule has 2 aromatic rings. The second-order valence-corrected chi connectivity index (χ2v) is 8.11. The zero-order valence-electron chi connectivity index (χ0n) is 14.7.